The Kier molecular flexibility index (Phi) is 2.27. The summed E-state index contributed by atoms with van der Waals surface area (Å²) < 4.78 is 0. The van der Waals surface area contributed by atoms with Gasteiger partial charge in [0.2, 0.25) is 5.91 Å². The van der Waals surface area contributed by atoms with Crippen LogP contribution in [0.4, 0.5) is 0 Å². The molecule has 80 valence electrons. The Morgan fingerprint density at radius 2 is 2.00 bits per heavy atom. The summed E-state index contributed by atoms with van der Waals surface area (Å²) in [7, 11) is 1.64. The molecule has 3 nitrogen and oxygen atoms in total. The monoisotopic (exact) mass is 205 g/mol. The first-order valence-corrected chi connectivity index (χ1v) is 5.06. The standard InChI is InChI=1S/C12H15NO2/c1-12(9-6-4-3-5-7-9)8-10(14)13(2)11(12)15/h3-7,10,14H,8H2,1-2H3. The Bertz CT molecular complexity index is 376. The number of amides is 1. The smallest absolute Gasteiger partial charge is 0.234 e. The van der Waals surface area contributed by atoms with Crippen LogP contribution >= 0.6 is 0 Å². The van der Waals surface area contributed by atoms with E-state index < -0.39 is 11.6 Å². The lowest BCUT2D eigenvalue weighted by atomic mass is 9.81. The summed E-state index contributed by atoms with van der Waals surface area (Å²) in [6.07, 6.45) is -0.200. The summed E-state index contributed by atoms with van der Waals surface area (Å²) in [6.45, 7) is 1.89. The molecular formula is C12H15NO2. The van der Waals surface area contributed by atoms with Gasteiger partial charge in [-0.3, -0.25) is 4.79 Å². The topological polar surface area (TPSA) is 40.5 Å². The van der Waals surface area contributed by atoms with Crippen LogP contribution in [-0.4, -0.2) is 29.2 Å². The number of carbonyl (C=O) groups excluding carboxylic acids is 1. The fourth-order valence-corrected chi connectivity index (χ4v) is 2.16. The predicted molar refractivity (Wildman–Crippen MR) is 57.2 cm³/mol. The zero-order valence-electron chi connectivity index (χ0n) is 8.97. The molecule has 1 fully saturated rings. The third-order valence-electron chi connectivity index (χ3n) is 3.24. The number of nitrogens with zero attached hydrogens (tertiary/aromatic N) is 1. The van der Waals surface area contributed by atoms with Gasteiger partial charge in [0.05, 0.1) is 5.41 Å². The number of hydrogen-bond donors (Lipinski definition) is 1. The zero-order valence-corrected chi connectivity index (χ0v) is 8.97. The first kappa shape index (κ1) is 10.2. The summed E-state index contributed by atoms with van der Waals surface area (Å²) in [6, 6.07) is 9.62. The van der Waals surface area contributed by atoms with Gasteiger partial charge in [-0.05, 0) is 12.5 Å². The lowest BCUT2D eigenvalue weighted by molar-refractivity contribution is -0.134. The zero-order chi connectivity index (χ0) is 11.1. The first-order chi connectivity index (χ1) is 7.05. The van der Waals surface area contributed by atoms with Crippen LogP contribution in [0.1, 0.15) is 18.9 Å². The third kappa shape index (κ3) is 1.43. The molecule has 1 aliphatic heterocycles. The summed E-state index contributed by atoms with van der Waals surface area (Å²) in [5.41, 5.74) is 0.397. The SMILES string of the molecule is CN1C(=O)C(C)(c2ccccc2)CC1O. The lowest BCUT2D eigenvalue weighted by Gasteiger charge is -2.21. The van der Waals surface area contributed by atoms with E-state index in [1.54, 1.807) is 7.05 Å². The Morgan fingerprint density at radius 1 is 1.40 bits per heavy atom. The molecule has 1 saturated heterocycles. The number of likely N-dealkylation sites (N-methyl/N-ethyl adjacent to an activating group) is 1. The minimum atomic E-state index is -0.664. The van der Waals surface area contributed by atoms with E-state index in [9.17, 15) is 9.90 Å². The van der Waals surface area contributed by atoms with Crippen molar-refractivity contribution >= 4 is 5.91 Å². The van der Waals surface area contributed by atoms with Crippen molar-refractivity contribution in [3.8, 4) is 0 Å². The minimum absolute atomic E-state index is 0.0128. The van der Waals surface area contributed by atoms with E-state index in [1.807, 2.05) is 37.3 Å². The first-order valence-electron chi connectivity index (χ1n) is 5.06. The van der Waals surface area contributed by atoms with Gasteiger partial charge in [0.15, 0.2) is 0 Å². The molecule has 3 heteroatoms. The van der Waals surface area contributed by atoms with Crippen LogP contribution in [0, 0.1) is 0 Å². The van der Waals surface area contributed by atoms with Gasteiger partial charge < -0.3 is 10.0 Å². The maximum atomic E-state index is 12.0. The van der Waals surface area contributed by atoms with E-state index in [-0.39, 0.29) is 5.91 Å². The van der Waals surface area contributed by atoms with Crippen molar-refractivity contribution in [2.45, 2.75) is 25.0 Å². The van der Waals surface area contributed by atoms with Gasteiger partial charge in [0, 0.05) is 13.5 Å². The van der Waals surface area contributed by atoms with Crippen molar-refractivity contribution in [3.63, 3.8) is 0 Å². The van der Waals surface area contributed by atoms with E-state index in [0.29, 0.717) is 6.42 Å². The van der Waals surface area contributed by atoms with Gasteiger partial charge >= 0.3 is 0 Å². The maximum Gasteiger partial charge on any atom is 0.234 e. The number of likely N-dealkylation sites (tertiary alicyclic amines) is 1. The summed E-state index contributed by atoms with van der Waals surface area (Å²) >= 11 is 0. The number of hydrogen-bond acceptors (Lipinski definition) is 2. The molecule has 0 saturated carbocycles. The van der Waals surface area contributed by atoms with Crippen molar-refractivity contribution < 1.29 is 9.90 Å². The van der Waals surface area contributed by atoms with E-state index in [1.165, 1.54) is 4.90 Å². The Hall–Kier alpha value is -1.35. The van der Waals surface area contributed by atoms with Crippen LogP contribution in [0.25, 0.3) is 0 Å². The van der Waals surface area contributed by atoms with Gasteiger partial charge in [0.1, 0.15) is 6.23 Å². The third-order valence-corrected chi connectivity index (χ3v) is 3.24. The molecule has 2 rings (SSSR count). The lowest BCUT2D eigenvalue weighted by Crippen LogP contribution is -2.34. The van der Waals surface area contributed by atoms with E-state index in [2.05, 4.69) is 0 Å². The van der Waals surface area contributed by atoms with Crippen LogP contribution in [-0.2, 0) is 10.2 Å². The fourth-order valence-electron chi connectivity index (χ4n) is 2.16. The second-order valence-electron chi connectivity index (χ2n) is 4.30. The van der Waals surface area contributed by atoms with Crippen LogP contribution < -0.4 is 0 Å². The van der Waals surface area contributed by atoms with Crippen molar-refractivity contribution in [2.75, 3.05) is 7.05 Å². The predicted octanol–water partition coefficient (Wildman–Crippen LogP) is 1.12. The molecule has 2 atom stereocenters. The highest BCUT2D eigenvalue weighted by Crippen LogP contribution is 2.37. The molecule has 0 bridgehead atoms. The molecule has 15 heavy (non-hydrogen) atoms. The van der Waals surface area contributed by atoms with Crippen LogP contribution in [0.15, 0.2) is 30.3 Å². The normalized spacial score (nSPS) is 31.0. The number of rotatable bonds is 1. The van der Waals surface area contributed by atoms with Gasteiger partial charge in [-0.1, -0.05) is 30.3 Å². The average Bonchev–Trinajstić information content (AvgIpc) is 2.45. The summed E-state index contributed by atoms with van der Waals surface area (Å²) in [5.74, 6) is -0.0128. The molecule has 1 aromatic rings. The largest absolute Gasteiger partial charge is 0.373 e. The Balaban J connectivity index is 2.41. The molecular weight excluding hydrogens is 190 g/mol. The molecule has 0 aromatic heterocycles. The molecule has 1 aliphatic rings. The van der Waals surface area contributed by atoms with Crippen LogP contribution in [0.2, 0.25) is 0 Å². The molecule has 0 radical (unpaired) electrons. The maximum absolute atomic E-state index is 12.0. The summed E-state index contributed by atoms with van der Waals surface area (Å²) in [5, 5.41) is 9.67. The van der Waals surface area contributed by atoms with Gasteiger partial charge in [0.25, 0.3) is 0 Å². The van der Waals surface area contributed by atoms with Crippen molar-refractivity contribution in [2.24, 2.45) is 0 Å². The highest BCUT2D eigenvalue weighted by atomic mass is 16.3. The highest BCUT2D eigenvalue weighted by Gasteiger charge is 2.47. The van der Waals surface area contributed by atoms with Gasteiger partial charge in [-0.15, -0.1) is 0 Å². The van der Waals surface area contributed by atoms with Gasteiger partial charge in [-0.25, -0.2) is 0 Å². The summed E-state index contributed by atoms with van der Waals surface area (Å²) in [4.78, 5) is 13.4. The van der Waals surface area contributed by atoms with E-state index in [0.717, 1.165) is 5.56 Å². The fraction of sp³-hybridized carbons (Fsp3) is 0.417. The second kappa shape index (κ2) is 3.35. The Labute approximate surface area is 89.3 Å². The van der Waals surface area contributed by atoms with Crippen LogP contribution in [0.3, 0.4) is 0 Å². The van der Waals surface area contributed by atoms with Gasteiger partial charge in [-0.2, -0.15) is 0 Å². The molecule has 1 heterocycles. The van der Waals surface area contributed by atoms with Crippen LogP contribution in [0.5, 0.6) is 0 Å². The quantitative estimate of drug-likeness (QED) is 0.746. The van der Waals surface area contributed by atoms with E-state index >= 15 is 0 Å². The average molecular weight is 205 g/mol. The van der Waals surface area contributed by atoms with Crippen molar-refractivity contribution in [1.29, 1.82) is 0 Å². The number of benzene rings is 1. The number of aliphatic hydroxyl groups is 1. The molecule has 2 unspecified atom stereocenters. The van der Waals surface area contributed by atoms with Crippen molar-refractivity contribution in [1.82, 2.24) is 4.90 Å². The second-order valence-corrected chi connectivity index (χ2v) is 4.30. The highest BCUT2D eigenvalue weighted by molar-refractivity contribution is 5.89. The molecule has 0 spiro atoms. The number of aliphatic hydroxyl groups excluding tert-OH is 1. The Morgan fingerprint density at radius 3 is 2.47 bits per heavy atom. The molecule has 1 amide bonds. The molecule has 1 N–H and O–H groups in total. The molecule has 0 aliphatic carbocycles. The van der Waals surface area contributed by atoms with Crippen molar-refractivity contribution in [3.05, 3.63) is 35.9 Å². The molecule has 1 aromatic carbocycles. The number of carbonyl (C=O) groups is 1. The minimum Gasteiger partial charge on any atom is -0.373 e. The van der Waals surface area contributed by atoms with E-state index in [4.69, 9.17) is 0 Å².